The van der Waals surface area contributed by atoms with Gasteiger partial charge in [-0.3, -0.25) is 9.80 Å². The number of aromatic nitrogens is 2. The lowest BCUT2D eigenvalue weighted by Gasteiger charge is -2.36. The smallest absolute Gasteiger partial charge is 0.247 e. The van der Waals surface area contributed by atoms with E-state index in [1.165, 1.54) is 11.1 Å². The molecule has 0 radical (unpaired) electrons. The number of benzene rings is 2. The van der Waals surface area contributed by atoms with Crippen LogP contribution < -0.4 is 9.47 Å². The van der Waals surface area contributed by atoms with Gasteiger partial charge in [-0.1, -0.05) is 23.8 Å². The van der Waals surface area contributed by atoms with Crippen molar-refractivity contribution in [2.75, 3.05) is 33.0 Å². The van der Waals surface area contributed by atoms with Crippen LogP contribution in [-0.4, -0.2) is 53.0 Å². The van der Waals surface area contributed by atoms with Crippen molar-refractivity contribution >= 4 is 0 Å². The van der Waals surface area contributed by atoms with Crippen LogP contribution in [0.15, 0.2) is 46.9 Å². The van der Waals surface area contributed by atoms with Gasteiger partial charge < -0.3 is 13.9 Å². The van der Waals surface area contributed by atoms with Crippen molar-refractivity contribution in [2.24, 2.45) is 0 Å². The molecule has 2 aliphatic heterocycles. The molecule has 0 amide bonds. The maximum atomic E-state index is 6.00. The number of nitrogens with zero attached hydrogens (tertiary/aromatic N) is 4. The third kappa shape index (κ3) is 3.91. The summed E-state index contributed by atoms with van der Waals surface area (Å²) < 4.78 is 16.9. The van der Waals surface area contributed by atoms with Crippen LogP contribution in [0.1, 0.15) is 30.0 Å². The topological polar surface area (TPSA) is 63.9 Å². The second-order valence-electron chi connectivity index (χ2n) is 7.99. The van der Waals surface area contributed by atoms with Gasteiger partial charge in [-0.25, -0.2) is 0 Å². The van der Waals surface area contributed by atoms with Crippen molar-refractivity contribution in [1.29, 1.82) is 0 Å². The molecule has 7 heteroatoms. The second-order valence-corrected chi connectivity index (χ2v) is 7.99. The number of rotatable bonds is 5. The summed E-state index contributed by atoms with van der Waals surface area (Å²) in [5.74, 6) is 2.94. The van der Waals surface area contributed by atoms with Crippen LogP contribution in [0.5, 0.6) is 11.5 Å². The number of hydrogen-bond donors (Lipinski definition) is 0. The normalized spacial score (nSPS) is 17.9. The summed E-state index contributed by atoms with van der Waals surface area (Å²) in [6.07, 6.45) is 0. The summed E-state index contributed by atoms with van der Waals surface area (Å²) in [6, 6.07) is 14.4. The standard InChI is InChI=1S/C23H26N4O3/c1-16-4-3-5-19(12-16)23-25-24-22(30-23)17(2)27-10-8-26(9-11-27)14-18-6-7-20-21(13-18)29-15-28-20/h3-7,12-13,17H,8-11,14-15H2,1-2H3/t17-/m1/s1. The molecule has 3 aromatic rings. The Hall–Kier alpha value is -2.90. The molecule has 1 atom stereocenters. The van der Waals surface area contributed by atoms with E-state index in [9.17, 15) is 0 Å². The van der Waals surface area contributed by atoms with Crippen LogP contribution in [0, 0.1) is 6.92 Å². The number of piperazine rings is 1. The molecule has 2 aromatic carbocycles. The first kappa shape index (κ1) is 19.1. The van der Waals surface area contributed by atoms with E-state index in [-0.39, 0.29) is 6.04 Å². The van der Waals surface area contributed by atoms with Gasteiger partial charge in [0.2, 0.25) is 18.6 Å². The number of fused-ring (bicyclic) bond motifs is 1. The van der Waals surface area contributed by atoms with E-state index in [0.29, 0.717) is 18.6 Å². The summed E-state index contributed by atoms with van der Waals surface area (Å²) in [5.41, 5.74) is 3.40. The molecular formula is C23H26N4O3. The highest BCUT2D eigenvalue weighted by Crippen LogP contribution is 2.33. The highest BCUT2D eigenvalue weighted by molar-refractivity contribution is 5.53. The second kappa shape index (κ2) is 8.08. The van der Waals surface area contributed by atoms with Crippen LogP contribution in [0.2, 0.25) is 0 Å². The molecule has 0 N–H and O–H groups in total. The maximum absolute atomic E-state index is 6.00. The van der Waals surface area contributed by atoms with Gasteiger partial charge in [0.05, 0.1) is 6.04 Å². The molecule has 1 saturated heterocycles. The van der Waals surface area contributed by atoms with Crippen LogP contribution in [0.4, 0.5) is 0 Å². The molecule has 156 valence electrons. The number of ether oxygens (including phenoxy) is 2. The van der Waals surface area contributed by atoms with Gasteiger partial charge in [0.15, 0.2) is 11.5 Å². The maximum Gasteiger partial charge on any atom is 0.247 e. The molecule has 0 spiro atoms. The average molecular weight is 406 g/mol. The molecule has 0 aliphatic carbocycles. The predicted molar refractivity (Wildman–Crippen MR) is 112 cm³/mol. The molecule has 3 heterocycles. The molecular weight excluding hydrogens is 380 g/mol. The zero-order chi connectivity index (χ0) is 20.5. The zero-order valence-corrected chi connectivity index (χ0v) is 17.4. The highest BCUT2D eigenvalue weighted by Gasteiger charge is 2.26. The van der Waals surface area contributed by atoms with Crippen LogP contribution in [0.3, 0.4) is 0 Å². The van der Waals surface area contributed by atoms with E-state index < -0.39 is 0 Å². The van der Waals surface area contributed by atoms with Gasteiger partial charge in [-0.15, -0.1) is 10.2 Å². The fourth-order valence-electron chi connectivity index (χ4n) is 4.06. The monoisotopic (exact) mass is 406 g/mol. The van der Waals surface area contributed by atoms with Gasteiger partial charge in [0.1, 0.15) is 0 Å². The summed E-state index contributed by atoms with van der Waals surface area (Å²) in [4.78, 5) is 4.87. The van der Waals surface area contributed by atoms with E-state index in [1.807, 2.05) is 18.2 Å². The molecule has 1 aromatic heterocycles. The summed E-state index contributed by atoms with van der Waals surface area (Å²) in [5, 5.41) is 8.59. The van der Waals surface area contributed by atoms with Gasteiger partial charge in [0.25, 0.3) is 0 Å². The first-order valence-corrected chi connectivity index (χ1v) is 10.4. The molecule has 7 nitrogen and oxygen atoms in total. The minimum Gasteiger partial charge on any atom is -0.454 e. The van der Waals surface area contributed by atoms with Crippen molar-refractivity contribution < 1.29 is 13.9 Å². The Morgan fingerprint density at radius 3 is 2.63 bits per heavy atom. The zero-order valence-electron chi connectivity index (χ0n) is 17.4. The molecule has 0 unspecified atom stereocenters. The lowest BCUT2D eigenvalue weighted by atomic mass is 10.1. The first-order valence-electron chi connectivity index (χ1n) is 10.4. The summed E-state index contributed by atoms with van der Waals surface area (Å²) in [7, 11) is 0. The Balaban J connectivity index is 1.18. The third-order valence-corrected chi connectivity index (χ3v) is 5.86. The van der Waals surface area contributed by atoms with E-state index >= 15 is 0 Å². The lowest BCUT2D eigenvalue weighted by Crippen LogP contribution is -2.46. The number of aryl methyl sites for hydroxylation is 1. The Kier molecular flexibility index (Phi) is 5.14. The molecule has 0 saturated carbocycles. The van der Waals surface area contributed by atoms with Gasteiger partial charge in [-0.05, 0) is 43.7 Å². The molecule has 30 heavy (non-hydrogen) atoms. The molecule has 0 bridgehead atoms. The van der Waals surface area contributed by atoms with Crippen LogP contribution in [0.25, 0.3) is 11.5 Å². The third-order valence-electron chi connectivity index (χ3n) is 5.86. The van der Waals surface area contributed by atoms with Crippen molar-refractivity contribution in [2.45, 2.75) is 26.4 Å². The first-order chi connectivity index (χ1) is 14.7. The summed E-state index contributed by atoms with van der Waals surface area (Å²) >= 11 is 0. The van der Waals surface area contributed by atoms with Crippen LogP contribution >= 0.6 is 0 Å². The Morgan fingerprint density at radius 1 is 0.967 bits per heavy atom. The van der Waals surface area contributed by atoms with Crippen molar-refractivity contribution in [3.63, 3.8) is 0 Å². The Morgan fingerprint density at radius 2 is 1.80 bits per heavy atom. The largest absolute Gasteiger partial charge is 0.454 e. The van der Waals surface area contributed by atoms with Crippen LogP contribution in [-0.2, 0) is 6.54 Å². The summed E-state index contributed by atoms with van der Waals surface area (Å²) in [6.45, 7) is 9.36. The SMILES string of the molecule is Cc1cccc(-c2nnc([C@@H](C)N3CCN(Cc4ccc5c(c4)OCO5)CC3)o2)c1. The average Bonchev–Trinajstić information content (AvgIpc) is 3.43. The molecule has 5 rings (SSSR count). The quantitative estimate of drug-likeness (QED) is 0.641. The van der Waals surface area contributed by atoms with Gasteiger partial charge in [0, 0.05) is 38.3 Å². The highest BCUT2D eigenvalue weighted by atomic mass is 16.7. The molecule has 1 fully saturated rings. The Bertz CT molecular complexity index is 1030. The number of hydrogen-bond acceptors (Lipinski definition) is 7. The van der Waals surface area contributed by atoms with Crippen molar-refractivity contribution in [3.8, 4) is 23.0 Å². The fourth-order valence-corrected chi connectivity index (χ4v) is 4.06. The van der Waals surface area contributed by atoms with Gasteiger partial charge in [-0.2, -0.15) is 0 Å². The lowest BCUT2D eigenvalue weighted by molar-refractivity contribution is 0.0875. The fraction of sp³-hybridized carbons (Fsp3) is 0.391. The van der Waals surface area contributed by atoms with E-state index in [4.69, 9.17) is 13.9 Å². The van der Waals surface area contributed by atoms with Crippen molar-refractivity contribution in [1.82, 2.24) is 20.0 Å². The Labute approximate surface area is 176 Å². The van der Waals surface area contributed by atoms with E-state index in [0.717, 1.165) is 49.8 Å². The predicted octanol–water partition coefficient (Wildman–Crippen LogP) is 3.65. The minimum atomic E-state index is 0.101. The molecule has 2 aliphatic rings. The van der Waals surface area contributed by atoms with Gasteiger partial charge >= 0.3 is 0 Å². The minimum absolute atomic E-state index is 0.101. The van der Waals surface area contributed by atoms with Crippen molar-refractivity contribution in [3.05, 3.63) is 59.5 Å². The van der Waals surface area contributed by atoms with E-state index in [1.54, 1.807) is 0 Å². The van der Waals surface area contributed by atoms with E-state index in [2.05, 4.69) is 58.1 Å².